The van der Waals surface area contributed by atoms with E-state index in [1.54, 1.807) is 11.7 Å². The molecule has 5 aromatic rings. The van der Waals surface area contributed by atoms with Gasteiger partial charge in [0, 0.05) is 57.4 Å². The predicted octanol–water partition coefficient (Wildman–Crippen LogP) is 5.50. The van der Waals surface area contributed by atoms with E-state index in [9.17, 15) is 36.3 Å². The van der Waals surface area contributed by atoms with Gasteiger partial charge in [0.2, 0.25) is 11.8 Å². The number of ether oxygens (including phenoxy) is 2. The number of piperidine rings is 2. The summed E-state index contributed by atoms with van der Waals surface area (Å²) in [5.41, 5.74) is 1.04. The number of fused-ring (bicyclic) bond motifs is 2. The summed E-state index contributed by atoms with van der Waals surface area (Å²) in [4.78, 5) is 45.2. The van der Waals surface area contributed by atoms with Crippen LogP contribution in [-0.2, 0) is 26.1 Å². The van der Waals surface area contributed by atoms with Gasteiger partial charge in [-0.05, 0) is 56.6 Å². The van der Waals surface area contributed by atoms with Gasteiger partial charge in [-0.15, -0.1) is 0 Å². The largest absolute Gasteiger partial charge is 0.411 e. The van der Waals surface area contributed by atoms with Crippen molar-refractivity contribution in [3.05, 3.63) is 65.4 Å². The Morgan fingerprint density at radius 1 is 1.08 bits per heavy atom. The molecule has 1 saturated carbocycles. The highest BCUT2D eigenvalue weighted by molar-refractivity contribution is 6.08. The number of benzene rings is 1. The zero-order valence-corrected chi connectivity index (χ0v) is 35.8. The summed E-state index contributed by atoms with van der Waals surface area (Å²) >= 11 is 0. The van der Waals surface area contributed by atoms with Gasteiger partial charge in [-0.2, -0.15) is 28.5 Å². The van der Waals surface area contributed by atoms with Crippen molar-refractivity contribution >= 4 is 45.8 Å². The summed E-state index contributed by atoms with van der Waals surface area (Å²) < 4.78 is 101. The molecule has 9 rings (SSSR count). The van der Waals surface area contributed by atoms with Crippen LogP contribution in [0.25, 0.3) is 16.6 Å². The Hall–Kier alpha value is -6.05. The first-order valence-corrected chi connectivity index (χ1v) is 21.9. The zero-order valence-electron chi connectivity index (χ0n) is 35.8. The van der Waals surface area contributed by atoms with E-state index in [-0.39, 0.29) is 79.2 Å². The van der Waals surface area contributed by atoms with Crippen LogP contribution >= 0.6 is 0 Å². The van der Waals surface area contributed by atoms with Gasteiger partial charge in [-0.1, -0.05) is 24.0 Å². The molecule has 0 radical (unpaired) electrons. The van der Waals surface area contributed by atoms with Crippen LogP contribution in [0.3, 0.4) is 0 Å². The van der Waals surface area contributed by atoms with Crippen molar-refractivity contribution in [1.82, 2.24) is 44.4 Å². The Bertz CT molecular complexity index is 2680. The lowest BCUT2D eigenvalue weighted by Crippen LogP contribution is -2.54. The summed E-state index contributed by atoms with van der Waals surface area (Å²) in [7, 11) is 1.77. The van der Waals surface area contributed by atoms with Crippen molar-refractivity contribution in [3.8, 4) is 11.8 Å². The van der Waals surface area contributed by atoms with Crippen LogP contribution in [0.4, 0.5) is 37.8 Å². The van der Waals surface area contributed by atoms with E-state index < -0.39 is 55.0 Å². The van der Waals surface area contributed by atoms with E-state index in [0.29, 0.717) is 50.0 Å². The number of amides is 3. The van der Waals surface area contributed by atoms with Gasteiger partial charge < -0.3 is 19.7 Å². The normalized spacial score (nSPS) is 24.5. The number of aryl methyl sites for hydroxylation is 1. The van der Waals surface area contributed by atoms with Crippen LogP contribution in [0.15, 0.2) is 42.9 Å². The Morgan fingerprint density at radius 2 is 1.89 bits per heavy atom. The number of imide groups is 1. The van der Waals surface area contributed by atoms with Crippen LogP contribution in [0.1, 0.15) is 90.6 Å². The Balaban J connectivity index is 0.764. The quantitative estimate of drug-likeness (QED) is 0.103. The lowest BCUT2D eigenvalue weighted by molar-refractivity contribution is -0.167. The van der Waals surface area contributed by atoms with Gasteiger partial charge in [0.15, 0.2) is 11.3 Å². The summed E-state index contributed by atoms with van der Waals surface area (Å²) in [6, 6.07) is 4.75. The van der Waals surface area contributed by atoms with Crippen molar-refractivity contribution in [2.24, 2.45) is 13.0 Å². The summed E-state index contributed by atoms with van der Waals surface area (Å²) in [6.07, 6.45) is -1.63. The molecule has 22 heteroatoms. The predicted molar refractivity (Wildman–Crippen MR) is 226 cm³/mol. The molecule has 0 bridgehead atoms. The molecule has 0 spiro atoms. The van der Waals surface area contributed by atoms with E-state index in [4.69, 9.17) is 9.47 Å². The number of anilines is 2. The molecule has 4 aromatic heterocycles. The number of aromatic nitrogens is 7. The first kappa shape index (κ1) is 45.1. The average Bonchev–Trinajstić information content (AvgIpc) is 4.01. The fourth-order valence-corrected chi connectivity index (χ4v) is 9.58. The fourth-order valence-electron chi connectivity index (χ4n) is 9.58. The molecule has 3 aliphatic heterocycles. The molecule has 3 saturated heterocycles. The Morgan fingerprint density at radius 3 is 2.65 bits per heavy atom. The van der Waals surface area contributed by atoms with Gasteiger partial charge in [0.25, 0.3) is 12.3 Å². The molecular formula is C44H47F6N11O5. The molecule has 16 nitrogen and oxygen atoms in total. The molecule has 66 heavy (non-hydrogen) atoms. The number of hydrogen-bond acceptors (Lipinski definition) is 11. The van der Waals surface area contributed by atoms with E-state index in [1.807, 2.05) is 18.2 Å². The molecule has 4 aliphatic rings. The molecule has 350 valence electrons. The third-order valence-corrected chi connectivity index (χ3v) is 12.9. The lowest BCUT2D eigenvalue weighted by Gasteiger charge is -2.38. The number of alkyl halides is 6. The van der Waals surface area contributed by atoms with Crippen molar-refractivity contribution in [2.45, 2.75) is 87.8 Å². The average molecular weight is 924 g/mol. The van der Waals surface area contributed by atoms with Crippen molar-refractivity contribution in [2.75, 3.05) is 56.2 Å². The number of carbonyl (C=O) groups excluding carboxylic acids is 3. The number of halogens is 6. The highest BCUT2D eigenvalue weighted by Gasteiger charge is 2.46. The van der Waals surface area contributed by atoms with Gasteiger partial charge in [0.1, 0.15) is 30.2 Å². The molecular weight excluding hydrogens is 877 g/mol. The maximum atomic E-state index is 15.5. The number of carbonyl (C=O) groups is 3. The molecule has 3 amide bonds. The van der Waals surface area contributed by atoms with E-state index in [2.05, 4.69) is 47.7 Å². The van der Waals surface area contributed by atoms with E-state index >= 15 is 4.39 Å². The van der Waals surface area contributed by atoms with Gasteiger partial charge in [0.05, 0.1) is 59.9 Å². The SMILES string of the molecule is Cn1nc(C2CCC(=O)NC2=O)c2cccc(C#CCO[C@@H]3CCN(C[C@H]4CC[C@H](n5cc(NC(=O)c6cnn7ccc(N8CCOC[C@H]8C(F)(F)F)nc67)c(C(F)F)n5)CC4)C[C@@H]3F)c21. The molecule has 1 aromatic carbocycles. The van der Waals surface area contributed by atoms with Crippen LogP contribution in [0.2, 0.25) is 0 Å². The number of morpholine rings is 1. The summed E-state index contributed by atoms with van der Waals surface area (Å²) in [5.74, 6) is 4.32. The van der Waals surface area contributed by atoms with Crippen molar-refractivity contribution in [1.29, 1.82) is 0 Å². The second-order valence-corrected chi connectivity index (χ2v) is 17.2. The minimum Gasteiger partial charge on any atom is -0.377 e. The highest BCUT2D eigenvalue weighted by atomic mass is 19.4. The minimum atomic E-state index is -4.59. The Labute approximate surface area is 373 Å². The van der Waals surface area contributed by atoms with Gasteiger partial charge >= 0.3 is 6.18 Å². The maximum absolute atomic E-state index is 15.5. The number of hydrogen-bond donors (Lipinski definition) is 2. The first-order chi connectivity index (χ1) is 31.7. The van der Waals surface area contributed by atoms with Crippen molar-refractivity contribution < 1.29 is 50.2 Å². The summed E-state index contributed by atoms with van der Waals surface area (Å²) in [5, 5.41) is 18.5. The standard InChI is InChI=1S/C44H47F6N11O5/c1-57-39-26(4-2-6-28(39)37(55-57)29-11-12-36(62)54-42(29)63)5-3-18-66-33-13-15-58(22-31(33)45)21-25-7-9-27(10-8-25)61-23-32(38(56-61)40(46)47)52-43(64)30-20-51-60-16-14-35(53-41(30)60)59-17-19-65-24-34(59)44(48,49)50/h2,4,6,14,16,20,23,25,27,29,31,33-34,40H,7-13,15,17-19,21-22,24H2,1H3,(H,52,64)(H,54,62,63)/t25-,27-,29?,31-,33+,34-/m0/s1. The summed E-state index contributed by atoms with van der Waals surface area (Å²) in [6.45, 7) is 0.942. The van der Waals surface area contributed by atoms with E-state index in [0.717, 1.165) is 28.6 Å². The number of nitrogens with one attached hydrogen (secondary N) is 2. The smallest absolute Gasteiger partial charge is 0.377 e. The van der Waals surface area contributed by atoms with Gasteiger partial charge in [-0.25, -0.2) is 22.7 Å². The number of likely N-dealkylation sites (tertiary alicyclic amines) is 1. The zero-order chi connectivity index (χ0) is 46.3. The van der Waals surface area contributed by atoms with Crippen LogP contribution in [0, 0.1) is 17.8 Å². The molecule has 1 aliphatic carbocycles. The highest BCUT2D eigenvalue weighted by Crippen LogP contribution is 2.37. The third-order valence-electron chi connectivity index (χ3n) is 12.9. The minimum absolute atomic E-state index is 0.0260. The number of para-hydroxylation sites is 1. The van der Waals surface area contributed by atoms with Crippen LogP contribution < -0.4 is 15.5 Å². The fraction of sp³-hybridized carbons (Fsp3) is 0.523. The molecule has 2 N–H and O–H groups in total. The second kappa shape index (κ2) is 18.7. The molecule has 4 atom stereocenters. The number of nitrogens with zero attached hydrogens (tertiary/aromatic N) is 9. The topological polar surface area (TPSA) is 166 Å². The lowest BCUT2D eigenvalue weighted by atomic mass is 9.85. The second-order valence-electron chi connectivity index (χ2n) is 17.2. The van der Waals surface area contributed by atoms with E-state index in [1.165, 1.54) is 33.9 Å². The van der Waals surface area contributed by atoms with Gasteiger partial charge in [-0.3, -0.25) is 34.0 Å². The van der Waals surface area contributed by atoms with Crippen LogP contribution in [-0.4, -0.2) is 127 Å². The first-order valence-electron chi connectivity index (χ1n) is 21.9. The monoisotopic (exact) mass is 923 g/mol. The third kappa shape index (κ3) is 9.33. The molecule has 7 heterocycles. The molecule has 1 unspecified atom stereocenters. The maximum Gasteiger partial charge on any atom is 0.411 e. The van der Waals surface area contributed by atoms with Crippen LogP contribution in [0.5, 0.6) is 0 Å². The number of rotatable bonds is 10. The van der Waals surface area contributed by atoms with Crippen molar-refractivity contribution in [3.63, 3.8) is 0 Å². The molecule has 4 fully saturated rings. The Kier molecular flexibility index (Phi) is 12.8.